The van der Waals surface area contributed by atoms with Crippen molar-refractivity contribution in [2.45, 2.75) is 52.1 Å². The van der Waals surface area contributed by atoms with Gasteiger partial charge in [0, 0.05) is 13.0 Å². The number of rotatable bonds is 4. The van der Waals surface area contributed by atoms with Crippen LogP contribution < -0.4 is 4.74 Å². The van der Waals surface area contributed by atoms with Crippen LogP contribution >= 0.6 is 0 Å². The van der Waals surface area contributed by atoms with Crippen LogP contribution in [0.3, 0.4) is 0 Å². The lowest BCUT2D eigenvalue weighted by Crippen LogP contribution is -2.40. The molecule has 0 unspecified atom stereocenters. The number of hydrogen-bond acceptors (Lipinski definition) is 3. The predicted octanol–water partition coefficient (Wildman–Crippen LogP) is 2.98. The summed E-state index contributed by atoms with van der Waals surface area (Å²) >= 11 is 0. The number of hydrogen-bond donors (Lipinski definition) is 1. The Morgan fingerprint density at radius 3 is 2.48 bits per heavy atom. The fourth-order valence-corrected chi connectivity index (χ4v) is 2.49. The van der Waals surface area contributed by atoms with Gasteiger partial charge in [-0.05, 0) is 30.5 Å². The van der Waals surface area contributed by atoms with Gasteiger partial charge < -0.3 is 14.7 Å². The highest BCUT2D eigenvalue weighted by Crippen LogP contribution is 2.21. The van der Waals surface area contributed by atoms with Crippen LogP contribution in [0.5, 0.6) is 5.75 Å². The van der Waals surface area contributed by atoms with Crippen molar-refractivity contribution in [2.24, 2.45) is 0 Å². The molecule has 118 valence electrons. The molecule has 21 heavy (non-hydrogen) atoms. The van der Waals surface area contributed by atoms with E-state index in [0.717, 1.165) is 30.6 Å². The highest BCUT2D eigenvalue weighted by atomic mass is 16.5. The third-order valence-corrected chi connectivity index (χ3v) is 3.66. The van der Waals surface area contributed by atoms with E-state index in [1.54, 1.807) is 7.11 Å². The maximum Gasteiger partial charge on any atom is 0.223 e. The summed E-state index contributed by atoms with van der Waals surface area (Å²) in [6, 6.07) is 7.67. The number of carbonyl (C=O) groups is 1. The van der Waals surface area contributed by atoms with Gasteiger partial charge in [-0.1, -0.05) is 32.4 Å². The maximum atomic E-state index is 12.1. The molecule has 0 radical (unpaired) electrons. The van der Waals surface area contributed by atoms with E-state index < -0.39 is 0 Å². The Bertz CT molecular complexity index is 417. The molecule has 0 aromatic heterocycles. The SMILES string of the molecule is CC.COc1ccc(CN2C(=O)CCCC[C@@H]2CO)cc1. The van der Waals surface area contributed by atoms with Gasteiger partial charge in [0.25, 0.3) is 0 Å². The molecule has 0 saturated carbocycles. The Balaban J connectivity index is 0.00000106. The molecule has 2 rings (SSSR count). The van der Waals surface area contributed by atoms with Crippen molar-refractivity contribution in [3.8, 4) is 5.75 Å². The molecule has 0 bridgehead atoms. The first-order valence-corrected chi connectivity index (χ1v) is 7.78. The van der Waals surface area contributed by atoms with Gasteiger partial charge >= 0.3 is 0 Å². The standard InChI is InChI=1S/C15H21NO3.C2H6/c1-19-14-8-6-12(7-9-14)10-16-13(11-17)4-2-3-5-15(16)18;1-2/h6-9,13,17H,2-5,10-11H2,1H3;1-2H3/t13-;/m1./s1. The second-order valence-electron chi connectivity index (χ2n) is 4.95. The van der Waals surface area contributed by atoms with Crippen molar-refractivity contribution >= 4 is 5.91 Å². The average molecular weight is 293 g/mol. The number of amides is 1. The number of likely N-dealkylation sites (tertiary alicyclic amines) is 1. The van der Waals surface area contributed by atoms with Gasteiger partial charge in [-0.3, -0.25) is 4.79 Å². The summed E-state index contributed by atoms with van der Waals surface area (Å²) < 4.78 is 5.12. The minimum absolute atomic E-state index is 0.0435. The van der Waals surface area contributed by atoms with Crippen LogP contribution in [0.15, 0.2) is 24.3 Å². The predicted molar refractivity (Wildman–Crippen MR) is 84.2 cm³/mol. The van der Waals surface area contributed by atoms with Crippen LogP contribution in [0.1, 0.15) is 45.1 Å². The number of aliphatic hydroxyl groups is 1. The Hall–Kier alpha value is -1.55. The number of carbonyl (C=O) groups excluding carboxylic acids is 1. The quantitative estimate of drug-likeness (QED) is 0.928. The van der Waals surface area contributed by atoms with Crippen LogP contribution in [0.25, 0.3) is 0 Å². The van der Waals surface area contributed by atoms with Crippen molar-refractivity contribution in [1.82, 2.24) is 4.90 Å². The lowest BCUT2D eigenvalue weighted by Gasteiger charge is -2.29. The molecule has 4 heteroatoms. The minimum atomic E-state index is -0.0444. The second kappa shape index (κ2) is 9.40. The molecule has 1 fully saturated rings. The number of aliphatic hydroxyl groups excluding tert-OH is 1. The second-order valence-corrected chi connectivity index (χ2v) is 4.95. The lowest BCUT2D eigenvalue weighted by atomic mass is 10.1. The zero-order chi connectivity index (χ0) is 15.7. The van der Waals surface area contributed by atoms with Crippen LogP contribution in [-0.2, 0) is 11.3 Å². The molecular formula is C17H27NO3. The first-order valence-electron chi connectivity index (χ1n) is 7.78. The molecule has 1 N–H and O–H groups in total. The smallest absolute Gasteiger partial charge is 0.223 e. The summed E-state index contributed by atoms with van der Waals surface area (Å²) in [7, 11) is 1.63. The van der Waals surface area contributed by atoms with Crippen LogP contribution in [-0.4, -0.2) is 35.7 Å². The molecule has 1 heterocycles. The Labute approximate surface area is 127 Å². The van der Waals surface area contributed by atoms with E-state index in [2.05, 4.69) is 0 Å². The van der Waals surface area contributed by atoms with E-state index in [4.69, 9.17) is 4.74 Å². The largest absolute Gasteiger partial charge is 0.497 e. The summed E-state index contributed by atoms with van der Waals surface area (Å²) in [6.45, 7) is 4.61. The first-order chi connectivity index (χ1) is 10.2. The van der Waals surface area contributed by atoms with Crippen LogP contribution in [0, 0.1) is 0 Å². The monoisotopic (exact) mass is 293 g/mol. The molecule has 1 aromatic carbocycles. The summed E-state index contributed by atoms with van der Waals surface area (Å²) in [5.74, 6) is 0.956. The third-order valence-electron chi connectivity index (χ3n) is 3.66. The van der Waals surface area contributed by atoms with E-state index >= 15 is 0 Å². The van der Waals surface area contributed by atoms with Gasteiger partial charge in [0.05, 0.1) is 19.8 Å². The van der Waals surface area contributed by atoms with Crippen LogP contribution in [0.2, 0.25) is 0 Å². The average Bonchev–Trinajstić information content (AvgIpc) is 2.72. The van der Waals surface area contributed by atoms with E-state index in [9.17, 15) is 9.90 Å². The summed E-state index contributed by atoms with van der Waals surface area (Å²) in [5, 5.41) is 9.45. The third kappa shape index (κ3) is 5.05. The molecule has 0 aliphatic carbocycles. The van der Waals surface area contributed by atoms with Gasteiger partial charge in [-0.2, -0.15) is 0 Å². The number of nitrogens with zero attached hydrogens (tertiary/aromatic N) is 1. The van der Waals surface area contributed by atoms with Gasteiger partial charge in [-0.25, -0.2) is 0 Å². The van der Waals surface area contributed by atoms with Gasteiger partial charge in [0.15, 0.2) is 0 Å². The van der Waals surface area contributed by atoms with E-state index in [1.165, 1.54) is 0 Å². The molecular weight excluding hydrogens is 266 g/mol. The molecule has 1 atom stereocenters. The summed E-state index contributed by atoms with van der Waals surface area (Å²) in [5.41, 5.74) is 1.06. The van der Waals surface area contributed by atoms with E-state index in [-0.39, 0.29) is 18.6 Å². The summed E-state index contributed by atoms with van der Waals surface area (Å²) in [6.07, 6.45) is 3.41. The fraction of sp³-hybridized carbons (Fsp3) is 0.588. The first kappa shape index (κ1) is 17.5. The number of benzene rings is 1. The molecule has 1 aromatic rings. The normalized spacial score (nSPS) is 18.6. The van der Waals surface area contributed by atoms with Crippen molar-refractivity contribution in [2.75, 3.05) is 13.7 Å². The molecule has 0 spiro atoms. The minimum Gasteiger partial charge on any atom is -0.497 e. The Kier molecular flexibility index (Phi) is 7.83. The molecule has 1 amide bonds. The van der Waals surface area contributed by atoms with Gasteiger partial charge in [0.1, 0.15) is 5.75 Å². The number of methoxy groups -OCH3 is 1. The highest BCUT2D eigenvalue weighted by molar-refractivity contribution is 5.76. The van der Waals surface area contributed by atoms with Crippen molar-refractivity contribution in [1.29, 1.82) is 0 Å². The van der Waals surface area contributed by atoms with Crippen molar-refractivity contribution in [3.63, 3.8) is 0 Å². The molecule has 4 nitrogen and oxygen atoms in total. The molecule has 1 aliphatic rings. The van der Waals surface area contributed by atoms with Crippen molar-refractivity contribution < 1.29 is 14.6 Å². The zero-order valence-corrected chi connectivity index (χ0v) is 13.3. The molecule has 1 saturated heterocycles. The Morgan fingerprint density at radius 2 is 1.90 bits per heavy atom. The van der Waals surface area contributed by atoms with Crippen molar-refractivity contribution in [3.05, 3.63) is 29.8 Å². The molecule has 1 aliphatic heterocycles. The Morgan fingerprint density at radius 1 is 1.24 bits per heavy atom. The summed E-state index contributed by atoms with van der Waals surface area (Å²) in [4.78, 5) is 13.9. The van der Waals surface area contributed by atoms with E-state index in [0.29, 0.717) is 13.0 Å². The fourth-order valence-electron chi connectivity index (χ4n) is 2.49. The van der Waals surface area contributed by atoms with E-state index in [1.807, 2.05) is 43.0 Å². The zero-order valence-electron chi connectivity index (χ0n) is 13.3. The topological polar surface area (TPSA) is 49.8 Å². The van der Waals surface area contributed by atoms with Gasteiger partial charge in [-0.15, -0.1) is 0 Å². The van der Waals surface area contributed by atoms with Crippen LogP contribution in [0.4, 0.5) is 0 Å². The lowest BCUT2D eigenvalue weighted by molar-refractivity contribution is -0.134. The maximum absolute atomic E-state index is 12.1. The highest BCUT2D eigenvalue weighted by Gasteiger charge is 2.25. The number of ether oxygens (including phenoxy) is 1. The van der Waals surface area contributed by atoms with Gasteiger partial charge in [0.2, 0.25) is 5.91 Å².